The minimum absolute atomic E-state index is 0.395. The largest absolute Gasteiger partial charge is 0.496 e. The van der Waals surface area contributed by atoms with Gasteiger partial charge in [-0.3, -0.25) is 9.97 Å². The molecule has 1 aliphatic rings. The van der Waals surface area contributed by atoms with Crippen LogP contribution in [-0.4, -0.2) is 52.1 Å². The first kappa shape index (κ1) is 24.0. The van der Waals surface area contributed by atoms with Crippen molar-refractivity contribution in [3.05, 3.63) is 77.7 Å². The lowest BCUT2D eigenvalue weighted by Gasteiger charge is -2.30. The number of aromatic nitrogens is 4. The number of piperidine rings is 1. The minimum Gasteiger partial charge on any atom is -0.496 e. The first-order chi connectivity index (χ1) is 17.6. The Kier molecular flexibility index (Phi) is 7.25. The van der Waals surface area contributed by atoms with Crippen LogP contribution >= 0.6 is 11.6 Å². The molecule has 0 aliphatic carbocycles. The van der Waals surface area contributed by atoms with Gasteiger partial charge in [0.15, 0.2) is 5.82 Å². The van der Waals surface area contributed by atoms with E-state index in [0.29, 0.717) is 28.4 Å². The van der Waals surface area contributed by atoms with Crippen molar-refractivity contribution < 1.29 is 4.74 Å². The molecule has 1 aromatic carbocycles. The highest BCUT2D eigenvalue weighted by molar-refractivity contribution is 6.33. The van der Waals surface area contributed by atoms with Crippen molar-refractivity contribution in [2.75, 3.05) is 37.9 Å². The summed E-state index contributed by atoms with van der Waals surface area (Å²) in [6.07, 6.45) is 7.29. The molecule has 3 aromatic heterocycles. The third-order valence-corrected chi connectivity index (χ3v) is 6.64. The van der Waals surface area contributed by atoms with E-state index in [0.717, 1.165) is 48.7 Å². The second-order valence-corrected chi connectivity index (χ2v) is 9.20. The maximum absolute atomic E-state index is 6.44. The van der Waals surface area contributed by atoms with Crippen molar-refractivity contribution >= 4 is 34.7 Å². The summed E-state index contributed by atoms with van der Waals surface area (Å²) >= 11 is 6.44. The molecule has 1 aliphatic heterocycles. The Morgan fingerprint density at radius 2 is 1.81 bits per heavy atom. The fourth-order valence-electron chi connectivity index (χ4n) is 4.43. The highest BCUT2D eigenvalue weighted by atomic mass is 35.5. The topological polar surface area (TPSA) is 88.1 Å². The molecule has 4 aromatic rings. The van der Waals surface area contributed by atoms with Gasteiger partial charge in [-0.1, -0.05) is 23.7 Å². The number of pyridine rings is 2. The average Bonchev–Trinajstić information content (AvgIpc) is 2.92. The van der Waals surface area contributed by atoms with Crippen molar-refractivity contribution in [1.29, 1.82) is 0 Å². The van der Waals surface area contributed by atoms with Crippen LogP contribution in [0.25, 0.3) is 11.4 Å². The number of nitrogens with one attached hydrogen (secondary N) is 2. The summed E-state index contributed by atoms with van der Waals surface area (Å²) in [7, 11) is 3.88. The number of halogens is 1. The van der Waals surface area contributed by atoms with Gasteiger partial charge in [-0.15, -0.1) is 0 Å². The summed E-state index contributed by atoms with van der Waals surface area (Å²) in [4.78, 5) is 20.3. The normalized spacial score (nSPS) is 14.4. The Labute approximate surface area is 215 Å². The number of hydrogen-bond acceptors (Lipinski definition) is 8. The average molecular weight is 502 g/mol. The fourth-order valence-corrected chi connectivity index (χ4v) is 4.57. The molecule has 8 nitrogen and oxygen atoms in total. The Bertz CT molecular complexity index is 1330. The van der Waals surface area contributed by atoms with Crippen LogP contribution in [-0.2, 0) is 0 Å². The van der Waals surface area contributed by atoms with Gasteiger partial charge in [-0.25, -0.2) is 4.98 Å². The van der Waals surface area contributed by atoms with E-state index in [-0.39, 0.29) is 0 Å². The zero-order valence-corrected chi connectivity index (χ0v) is 21.0. The van der Waals surface area contributed by atoms with E-state index in [1.165, 1.54) is 5.56 Å². The summed E-state index contributed by atoms with van der Waals surface area (Å²) in [5.74, 6) is 2.26. The lowest BCUT2D eigenvalue weighted by molar-refractivity contribution is 0.252. The molecule has 36 heavy (non-hydrogen) atoms. The summed E-state index contributed by atoms with van der Waals surface area (Å²) in [6.45, 7) is 2.20. The van der Waals surface area contributed by atoms with Crippen molar-refractivity contribution in [3.8, 4) is 17.1 Å². The van der Waals surface area contributed by atoms with E-state index in [4.69, 9.17) is 16.3 Å². The van der Waals surface area contributed by atoms with E-state index < -0.39 is 0 Å². The summed E-state index contributed by atoms with van der Waals surface area (Å²) in [5, 5.41) is 6.96. The fraction of sp³-hybridized carbons (Fsp3) is 0.259. The molecular weight excluding hydrogens is 474 g/mol. The smallest absolute Gasteiger partial charge is 0.229 e. The predicted molar refractivity (Wildman–Crippen MR) is 144 cm³/mol. The quantitative estimate of drug-likeness (QED) is 0.324. The van der Waals surface area contributed by atoms with Crippen molar-refractivity contribution in [2.45, 2.75) is 18.8 Å². The van der Waals surface area contributed by atoms with Crippen LogP contribution in [0.2, 0.25) is 5.02 Å². The number of likely N-dealkylation sites (tertiary alicyclic amines) is 1. The number of methoxy groups -OCH3 is 1. The van der Waals surface area contributed by atoms with Gasteiger partial charge in [0.25, 0.3) is 0 Å². The number of ether oxygens (including phenoxy) is 1. The maximum Gasteiger partial charge on any atom is 0.229 e. The zero-order valence-electron chi connectivity index (χ0n) is 20.3. The van der Waals surface area contributed by atoms with Gasteiger partial charge >= 0.3 is 0 Å². The number of rotatable bonds is 7. The lowest BCUT2D eigenvalue weighted by Crippen LogP contribution is -2.29. The maximum atomic E-state index is 6.44. The van der Waals surface area contributed by atoms with Crippen LogP contribution in [0.4, 0.5) is 23.1 Å². The summed E-state index contributed by atoms with van der Waals surface area (Å²) in [6, 6.07) is 15.6. The van der Waals surface area contributed by atoms with Gasteiger partial charge in [0.2, 0.25) is 5.95 Å². The monoisotopic (exact) mass is 501 g/mol. The predicted octanol–water partition coefficient (Wildman–Crippen LogP) is 5.89. The van der Waals surface area contributed by atoms with Crippen molar-refractivity contribution in [3.63, 3.8) is 0 Å². The molecule has 0 amide bonds. The third-order valence-electron chi connectivity index (χ3n) is 6.36. The number of anilines is 4. The molecule has 0 spiro atoms. The minimum atomic E-state index is 0.395. The highest BCUT2D eigenvalue weighted by Gasteiger charge is 2.21. The molecular formula is C27H28ClN7O. The van der Waals surface area contributed by atoms with Crippen molar-refractivity contribution in [1.82, 2.24) is 24.8 Å². The molecule has 0 bridgehead atoms. The van der Waals surface area contributed by atoms with Crippen LogP contribution in [0.1, 0.15) is 24.3 Å². The van der Waals surface area contributed by atoms with E-state index >= 15 is 0 Å². The van der Waals surface area contributed by atoms with Crippen LogP contribution in [0, 0.1) is 0 Å². The van der Waals surface area contributed by atoms with E-state index in [1.807, 2.05) is 42.5 Å². The van der Waals surface area contributed by atoms with Gasteiger partial charge in [0.05, 0.1) is 24.7 Å². The Hall–Kier alpha value is -3.75. The number of hydrogen-bond donors (Lipinski definition) is 2. The second-order valence-electron chi connectivity index (χ2n) is 8.79. The first-order valence-corrected chi connectivity index (χ1v) is 12.3. The van der Waals surface area contributed by atoms with Gasteiger partial charge < -0.3 is 20.3 Å². The highest BCUT2D eigenvalue weighted by Crippen LogP contribution is 2.36. The van der Waals surface area contributed by atoms with Crippen LogP contribution in [0.5, 0.6) is 5.75 Å². The summed E-state index contributed by atoms with van der Waals surface area (Å²) in [5.41, 5.74) is 4.28. The first-order valence-electron chi connectivity index (χ1n) is 11.9. The third kappa shape index (κ3) is 5.40. The number of nitrogens with zero attached hydrogens (tertiary/aromatic N) is 5. The van der Waals surface area contributed by atoms with Crippen LogP contribution in [0.15, 0.2) is 67.1 Å². The molecule has 0 unspecified atom stereocenters. The van der Waals surface area contributed by atoms with Crippen molar-refractivity contribution in [2.24, 2.45) is 0 Å². The zero-order chi connectivity index (χ0) is 24.9. The van der Waals surface area contributed by atoms with Gasteiger partial charge in [-0.05, 0) is 74.8 Å². The molecule has 0 saturated carbocycles. The molecule has 5 rings (SSSR count). The molecule has 4 heterocycles. The molecule has 184 valence electrons. The standard InChI is InChI=1S/C27H28ClN7O/c1-35-14-10-18(11-15-35)20-9-8-19(16-24(20)36-2)32-27-31-17-21(28)26(34-27)33-23-7-5-13-30-25(23)22-6-3-4-12-29-22/h3-9,12-13,16-18H,10-11,14-15H2,1-2H3,(H2,31,32,33,34). The van der Waals surface area contributed by atoms with Crippen LogP contribution in [0.3, 0.4) is 0 Å². The molecule has 1 fully saturated rings. The Morgan fingerprint density at radius 1 is 0.972 bits per heavy atom. The van der Waals surface area contributed by atoms with Gasteiger partial charge in [0.1, 0.15) is 16.5 Å². The summed E-state index contributed by atoms with van der Waals surface area (Å²) < 4.78 is 5.74. The van der Waals surface area contributed by atoms with Gasteiger partial charge in [0, 0.05) is 24.1 Å². The van der Waals surface area contributed by atoms with E-state index in [9.17, 15) is 0 Å². The molecule has 9 heteroatoms. The molecule has 0 radical (unpaired) electrons. The Balaban J connectivity index is 1.37. The Morgan fingerprint density at radius 3 is 2.58 bits per heavy atom. The van der Waals surface area contributed by atoms with Gasteiger partial charge in [-0.2, -0.15) is 4.98 Å². The van der Waals surface area contributed by atoms with E-state index in [1.54, 1.807) is 25.7 Å². The second kappa shape index (κ2) is 10.9. The molecule has 0 atom stereocenters. The molecule has 2 N–H and O–H groups in total. The van der Waals surface area contributed by atoms with Crippen LogP contribution < -0.4 is 15.4 Å². The van der Waals surface area contributed by atoms with E-state index in [2.05, 4.69) is 48.6 Å². The lowest BCUT2D eigenvalue weighted by atomic mass is 9.89. The SMILES string of the molecule is COc1cc(Nc2ncc(Cl)c(Nc3cccnc3-c3ccccn3)n2)ccc1C1CCN(C)CC1. The molecule has 1 saturated heterocycles. The number of benzene rings is 1.